The van der Waals surface area contributed by atoms with Crippen molar-refractivity contribution in [3.63, 3.8) is 0 Å². The van der Waals surface area contributed by atoms with E-state index < -0.39 is 10.2 Å². The standard InChI is InChI=1S/C13H19N3O3S/c17-13-5-1-3-11(9-13)15-7-8-16(20(15,18)19)12-4-2-6-14-10-12/h1,3,5,9,12,14,17H,2,4,6-8,10H2. The van der Waals surface area contributed by atoms with Gasteiger partial charge in [0.15, 0.2) is 0 Å². The second-order valence-corrected chi connectivity index (χ2v) is 7.02. The molecule has 20 heavy (non-hydrogen) atoms. The largest absolute Gasteiger partial charge is 0.508 e. The van der Waals surface area contributed by atoms with Crippen molar-refractivity contribution in [1.82, 2.24) is 9.62 Å². The van der Waals surface area contributed by atoms with E-state index in [1.165, 1.54) is 16.4 Å². The van der Waals surface area contributed by atoms with Gasteiger partial charge < -0.3 is 10.4 Å². The Morgan fingerprint density at radius 1 is 1.30 bits per heavy atom. The maximum atomic E-state index is 12.6. The van der Waals surface area contributed by atoms with E-state index in [9.17, 15) is 13.5 Å². The second-order valence-electron chi connectivity index (χ2n) is 5.21. The molecule has 0 amide bonds. The summed E-state index contributed by atoms with van der Waals surface area (Å²) in [5.74, 6) is 0.0792. The van der Waals surface area contributed by atoms with Crippen LogP contribution in [0.3, 0.4) is 0 Å². The van der Waals surface area contributed by atoms with Crippen molar-refractivity contribution in [2.45, 2.75) is 18.9 Å². The quantitative estimate of drug-likeness (QED) is 0.834. The zero-order chi connectivity index (χ0) is 14.2. The van der Waals surface area contributed by atoms with E-state index in [1.807, 2.05) is 0 Å². The molecule has 0 aliphatic carbocycles. The van der Waals surface area contributed by atoms with Crippen LogP contribution >= 0.6 is 0 Å². The molecule has 0 spiro atoms. The lowest BCUT2D eigenvalue weighted by Crippen LogP contribution is -2.48. The van der Waals surface area contributed by atoms with Crippen molar-refractivity contribution in [2.24, 2.45) is 0 Å². The van der Waals surface area contributed by atoms with Gasteiger partial charge in [0.05, 0.1) is 5.69 Å². The number of hydrogen-bond acceptors (Lipinski definition) is 4. The molecule has 0 aromatic heterocycles. The molecular formula is C13H19N3O3S. The van der Waals surface area contributed by atoms with Crippen LogP contribution in [0.25, 0.3) is 0 Å². The molecule has 1 unspecified atom stereocenters. The first-order valence-corrected chi connectivity index (χ1v) is 8.28. The molecule has 0 saturated carbocycles. The molecule has 2 heterocycles. The number of piperidine rings is 1. The summed E-state index contributed by atoms with van der Waals surface area (Å²) in [6.45, 7) is 2.61. The molecule has 0 bridgehead atoms. The predicted octanol–water partition coefficient (Wildman–Crippen LogP) is 0.511. The van der Waals surface area contributed by atoms with Crippen LogP contribution in [-0.4, -0.2) is 50.1 Å². The highest BCUT2D eigenvalue weighted by molar-refractivity contribution is 7.90. The van der Waals surface area contributed by atoms with Gasteiger partial charge in [0, 0.05) is 31.7 Å². The molecular weight excluding hydrogens is 278 g/mol. The van der Waals surface area contributed by atoms with E-state index in [0.717, 1.165) is 19.4 Å². The fourth-order valence-corrected chi connectivity index (χ4v) is 4.72. The fourth-order valence-electron chi connectivity index (χ4n) is 2.91. The summed E-state index contributed by atoms with van der Waals surface area (Å²) in [5, 5.41) is 12.8. The highest BCUT2D eigenvalue weighted by atomic mass is 32.2. The smallest absolute Gasteiger partial charge is 0.304 e. The minimum absolute atomic E-state index is 0.0380. The monoisotopic (exact) mass is 297 g/mol. The van der Waals surface area contributed by atoms with Gasteiger partial charge in [-0.1, -0.05) is 6.07 Å². The lowest BCUT2D eigenvalue weighted by atomic mass is 10.1. The van der Waals surface area contributed by atoms with Gasteiger partial charge in [-0.25, -0.2) is 0 Å². The van der Waals surface area contributed by atoms with Crippen LogP contribution < -0.4 is 9.62 Å². The fraction of sp³-hybridized carbons (Fsp3) is 0.538. The van der Waals surface area contributed by atoms with E-state index in [2.05, 4.69) is 5.32 Å². The van der Waals surface area contributed by atoms with Crippen molar-refractivity contribution < 1.29 is 13.5 Å². The molecule has 2 saturated heterocycles. The maximum absolute atomic E-state index is 12.6. The van der Waals surface area contributed by atoms with Gasteiger partial charge in [-0.15, -0.1) is 0 Å². The van der Waals surface area contributed by atoms with Crippen molar-refractivity contribution in [3.05, 3.63) is 24.3 Å². The molecule has 1 aromatic carbocycles. The number of hydrogen-bond donors (Lipinski definition) is 2. The zero-order valence-electron chi connectivity index (χ0n) is 11.2. The summed E-state index contributed by atoms with van der Waals surface area (Å²) in [4.78, 5) is 0. The number of nitrogens with one attached hydrogen (secondary N) is 1. The molecule has 2 aliphatic rings. The van der Waals surface area contributed by atoms with Gasteiger partial charge in [0.1, 0.15) is 5.75 Å². The van der Waals surface area contributed by atoms with Crippen molar-refractivity contribution in [2.75, 3.05) is 30.5 Å². The number of anilines is 1. The third kappa shape index (κ3) is 2.36. The predicted molar refractivity (Wildman–Crippen MR) is 77.0 cm³/mol. The van der Waals surface area contributed by atoms with Gasteiger partial charge in [0.25, 0.3) is 0 Å². The average Bonchev–Trinajstić information content (AvgIpc) is 2.75. The third-order valence-corrected chi connectivity index (χ3v) is 5.92. The van der Waals surface area contributed by atoms with Gasteiger partial charge in [-0.3, -0.25) is 4.31 Å². The van der Waals surface area contributed by atoms with Crippen LogP contribution in [0.15, 0.2) is 24.3 Å². The molecule has 2 fully saturated rings. The normalized spacial score (nSPS) is 26.8. The molecule has 2 aliphatic heterocycles. The van der Waals surface area contributed by atoms with E-state index in [0.29, 0.717) is 25.3 Å². The second kappa shape index (κ2) is 5.23. The first-order valence-electron chi connectivity index (χ1n) is 6.88. The molecule has 1 atom stereocenters. The summed E-state index contributed by atoms with van der Waals surface area (Å²) in [6, 6.07) is 6.43. The molecule has 110 valence electrons. The maximum Gasteiger partial charge on any atom is 0.304 e. The Hall–Kier alpha value is -1.31. The highest BCUT2D eigenvalue weighted by Gasteiger charge is 2.41. The number of phenolic OH excluding ortho intramolecular Hbond substituents is 1. The molecule has 6 nitrogen and oxygen atoms in total. The first kappa shape index (κ1) is 13.7. The number of nitrogens with zero attached hydrogens (tertiary/aromatic N) is 2. The van der Waals surface area contributed by atoms with Gasteiger partial charge in [-0.2, -0.15) is 12.7 Å². The zero-order valence-corrected chi connectivity index (χ0v) is 12.0. The van der Waals surface area contributed by atoms with Crippen molar-refractivity contribution in [3.8, 4) is 5.75 Å². The van der Waals surface area contributed by atoms with Crippen LogP contribution in [0.4, 0.5) is 5.69 Å². The Kier molecular flexibility index (Phi) is 3.57. The summed E-state index contributed by atoms with van der Waals surface area (Å²) >= 11 is 0. The van der Waals surface area contributed by atoms with Gasteiger partial charge in [-0.05, 0) is 31.5 Å². The SMILES string of the molecule is O=S1(=O)N(c2cccc(O)c2)CCN1C1CCCNC1. The molecule has 0 radical (unpaired) electrons. The van der Waals surface area contributed by atoms with E-state index in [-0.39, 0.29) is 11.8 Å². The lowest BCUT2D eigenvalue weighted by Gasteiger charge is -2.30. The Balaban J connectivity index is 1.85. The Morgan fingerprint density at radius 2 is 2.15 bits per heavy atom. The summed E-state index contributed by atoms with van der Waals surface area (Å²) < 4.78 is 28.3. The minimum atomic E-state index is -3.48. The number of aromatic hydroxyl groups is 1. The molecule has 2 N–H and O–H groups in total. The topological polar surface area (TPSA) is 72.9 Å². The highest BCUT2D eigenvalue weighted by Crippen LogP contribution is 2.30. The number of benzene rings is 1. The summed E-state index contributed by atoms with van der Waals surface area (Å²) in [6.07, 6.45) is 1.91. The lowest BCUT2D eigenvalue weighted by molar-refractivity contribution is 0.284. The average molecular weight is 297 g/mol. The first-order chi connectivity index (χ1) is 9.59. The third-order valence-electron chi connectivity index (χ3n) is 3.89. The van der Waals surface area contributed by atoms with Crippen LogP contribution in [0, 0.1) is 0 Å². The summed E-state index contributed by atoms with van der Waals surface area (Å²) in [7, 11) is -3.48. The van der Waals surface area contributed by atoms with Crippen LogP contribution in [0.1, 0.15) is 12.8 Å². The Morgan fingerprint density at radius 3 is 2.85 bits per heavy atom. The van der Waals surface area contributed by atoms with Crippen molar-refractivity contribution in [1.29, 1.82) is 0 Å². The van der Waals surface area contributed by atoms with E-state index in [1.54, 1.807) is 16.4 Å². The van der Waals surface area contributed by atoms with Gasteiger partial charge in [0.2, 0.25) is 0 Å². The molecule has 3 rings (SSSR count). The van der Waals surface area contributed by atoms with Crippen LogP contribution in [0.5, 0.6) is 5.75 Å². The van der Waals surface area contributed by atoms with Crippen molar-refractivity contribution >= 4 is 15.9 Å². The minimum Gasteiger partial charge on any atom is -0.508 e. The van der Waals surface area contributed by atoms with Gasteiger partial charge >= 0.3 is 10.2 Å². The van der Waals surface area contributed by atoms with Crippen LogP contribution in [0.2, 0.25) is 0 Å². The number of rotatable bonds is 2. The number of phenols is 1. The van der Waals surface area contributed by atoms with Crippen LogP contribution in [-0.2, 0) is 10.2 Å². The van der Waals surface area contributed by atoms with E-state index >= 15 is 0 Å². The summed E-state index contributed by atoms with van der Waals surface area (Å²) in [5.41, 5.74) is 0.524. The van der Waals surface area contributed by atoms with E-state index in [4.69, 9.17) is 0 Å². The molecule has 1 aromatic rings. The Bertz CT molecular complexity index is 584. The Labute approximate surface area is 119 Å². The molecule has 7 heteroatoms.